The van der Waals surface area contributed by atoms with Crippen LogP contribution in [-0.2, 0) is 0 Å². The zero-order chi connectivity index (χ0) is 12.5. The zero-order valence-electron chi connectivity index (χ0n) is 9.82. The fraction of sp³-hybridized carbons (Fsp3) is 0.462. The largest absolute Gasteiger partial charge is 0.386 e. The summed E-state index contributed by atoms with van der Waals surface area (Å²) >= 11 is 5.84. The number of aliphatic hydroxyl groups is 1. The van der Waals surface area contributed by atoms with Crippen molar-refractivity contribution in [2.24, 2.45) is 0 Å². The molecule has 4 heteroatoms. The maximum Gasteiger partial charge on any atom is 0.254 e. The third-order valence-electron chi connectivity index (χ3n) is 3.04. The Kier molecular flexibility index (Phi) is 3.40. The first-order valence-corrected chi connectivity index (χ1v) is 6.19. The normalized spacial score (nSPS) is 17.7. The van der Waals surface area contributed by atoms with Crippen LogP contribution in [0.25, 0.3) is 0 Å². The maximum atomic E-state index is 12.0. The Bertz CT molecular complexity index is 427. The molecule has 1 aliphatic rings. The predicted molar refractivity (Wildman–Crippen MR) is 67.2 cm³/mol. The number of nitrogens with zero attached hydrogens (tertiary/aromatic N) is 1. The second kappa shape index (κ2) is 4.67. The Hall–Kier alpha value is -1.06. The van der Waals surface area contributed by atoms with Crippen molar-refractivity contribution >= 4 is 17.5 Å². The lowest BCUT2D eigenvalue weighted by molar-refractivity contribution is -0.0860. The molecule has 92 valence electrons. The van der Waals surface area contributed by atoms with Crippen LogP contribution in [-0.4, -0.2) is 34.6 Å². The van der Waals surface area contributed by atoms with Gasteiger partial charge in [0.1, 0.15) is 0 Å². The zero-order valence-corrected chi connectivity index (χ0v) is 10.6. The minimum Gasteiger partial charge on any atom is -0.386 e. The number of carbonyl (C=O) groups is 1. The van der Waals surface area contributed by atoms with Gasteiger partial charge in [-0.3, -0.25) is 4.79 Å². The lowest BCUT2D eigenvalue weighted by atomic mass is 9.89. The van der Waals surface area contributed by atoms with E-state index in [-0.39, 0.29) is 5.91 Å². The second-order valence-corrected chi connectivity index (χ2v) is 5.08. The number of likely N-dealkylation sites (tertiary alicyclic amines) is 1. The highest BCUT2D eigenvalue weighted by Crippen LogP contribution is 2.27. The van der Waals surface area contributed by atoms with E-state index < -0.39 is 5.60 Å². The van der Waals surface area contributed by atoms with Gasteiger partial charge in [0.25, 0.3) is 5.91 Å². The molecule has 1 aromatic rings. The van der Waals surface area contributed by atoms with Crippen molar-refractivity contribution < 1.29 is 9.90 Å². The molecule has 1 N–H and O–H groups in total. The molecule has 1 aliphatic heterocycles. The number of benzene rings is 1. The highest BCUT2D eigenvalue weighted by Gasteiger charge is 2.42. The van der Waals surface area contributed by atoms with Crippen LogP contribution in [0.3, 0.4) is 0 Å². The molecule has 1 heterocycles. The SMILES string of the molecule is CCCC1(O)CN(C(=O)c2cccc(Cl)c2)C1. The molecule has 1 amide bonds. The van der Waals surface area contributed by atoms with Crippen molar-refractivity contribution in [3.8, 4) is 0 Å². The predicted octanol–water partition coefficient (Wildman–Crippen LogP) is 2.33. The summed E-state index contributed by atoms with van der Waals surface area (Å²) in [5.41, 5.74) is -0.0979. The first-order valence-electron chi connectivity index (χ1n) is 5.81. The average molecular weight is 254 g/mol. The van der Waals surface area contributed by atoms with E-state index in [1.165, 1.54) is 0 Å². The Labute approximate surface area is 106 Å². The van der Waals surface area contributed by atoms with E-state index >= 15 is 0 Å². The van der Waals surface area contributed by atoms with E-state index in [2.05, 4.69) is 0 Å². The molecule has 0 saturated carbocycles. The molecule has 0 unspecified atom stereocenters. The molecule has 1 aromatic carbocycles. The molecule has 1 fully saturated rings. The Balaban J connectivity index is 2.00. The van der Waals surface area contributed by atoms with Gasteiger partial charge in [-0.25, -0.2) is 0 Å². The number of halogens is 1. The molecule has 1 saturated heterocycles. The molecule has 17 heavy (non-hydrogen) atoms. The fourth-order valence-corrected chi connectivity index (χ4v) is 2.43. The van der Waals surface area contributed by atoms with Crippen LogP contribution in [0.2, 0.25) is 5.02 Å². The molecule has 0 bridgehead atoms. The van der Waals surface area contributed by atoms with Crippen molar-refractivity contribution in [3.05, 3.63) is 34.9 Å². The smallest absolute Gasteiger partial charge is 0.254 e. The number of β-amino-alcohol motifs (C(OH)–C–C–N with tert-alkyl or cyclic N) is 1. The Morgan fingerprint density at radius 1 is 1.53 bits per heavy atom. The van der Waals surface area contributed by atoms with Crippen LogP contribution >= 0.6 is 11.6 Å². The maximum absolute atomic E-state index is 12.0. The summed E-state index contributed by atoms with van der Waals surface area (Å²) in [5, 5.41) is 10.6. The second-order valence-electron chi connectivity index (χ2n) is 4.65. The van der Waals surface area contributed by atoms with Gasteiger partial charge in [-0.05, 0) is 24.6 Å². The van der Waals surface area contributed by atoms with Gasteiger partial charge in [0.05, 0.1) is 18.7 Å². The summed E-state index contributed by atoms with van der Waals surface area (Å²) < 4.78 is 0. The minimum absolute atomic E-state index is 0.0618. The summed E-state index contributed by atoms with van der Waals surface area (Å²) in [7, 11) is 0. The van der Waals surface area contributed by atoms with Gasteiger partial charge in [0.2, 0.25) is 0 Å². The molecule has 0 aliphatic carbocycles. The first-order chi connectivity index (χ1) is 8.04. The van der Waals surface area contributed by atoms with Gasteiger partial charge in [-0.15, -0.1) is 0 Å². The Morgan fingerprint density at radius 2 is 2.24 bits per heavy atom. The summed E-state index contributed by atoms with van der Waals surface area (Å²) in [6.07, 6.45) is 1.67. The van der Waals surface area contributed by atoms with Gasteiger partial charge in [0, 0.05) is 10.6 Å². The van der Waals surface area contributed by atoms with Crippen LogP contribution in [0.15, 0.2) is 24.3 Å². The molecule has 0 spiro atoms. The lowest BCUT2D eigenvalue weighted by Gasteiger charge is -2.46. The molecular formula is C13H16ClNO2. The van der Waals surface area contributed by atoms with Crippen molar-refractivity contribution in [1.29, 1.82) is 0 Å². The number of rotatable bonds is 3. The monoisotopic (exact) mass is 253 g/mol. The number of hydrogen-bond acceptors (Lipinski definition) is 2. The molecule has 0 atom stereocenters. The minimum atomic E-state index is -0.678. The number of carbonyl (C=O) groups excluding carboxylic acids is 1. The van der Waals surface area contributed by atoms with E-state index in [1.807, 2.05) is 6.92 Å². The van der Waals surface area contributed by atoms with Crippen molar-refractivity contribution in [3.63, 3.8) is 0 Å². The summed E-state index contributed by atoms with van der Waals surface area (Å²) in [6.45, 7) is 2.87. The summed E-state index contributed by atoms with van der Waals surface area (Å²) in [6, 6.07) is 6.89. The van der Waals surface area contributed by atoms with E-state index in [0.717, 1.165) is 12.8 Å². The fourth-order valence-electron chi connectivity index (χ4n) is 2.24. The van der Waals surface area contributed by atoms with Crippen LogP contribution in [0.5, 0.6) is 0 Å². The quantitative estimate of drug-likeness (QED) is 0.898. The topological polar surface area (TPSA) is 40.5 Å². The van der Waals surface area contributed by atoms with Crippen molar-refractivity contribution in [2.45, 2.75) is 25.4 Å². The van der Waals surface area contributed by atoms with Gasteiger partial charge in [-0.1, -0.05) is 31.0 Å². The van der Waals surface area contributed by atoms with E-state index in [4.69, 9.17) is 11.6 Å². The summed E-state index contributed by atoms with van der Waals surface area (Å²) in [4.78, 5) is 13.7. The van der Waals surface area contributed by atoms with Crippen LogP contribution in [0.4, 0.5) is 0 Å². The third-order valence-corrected chi connectivity index (χ3v) is 3.28. The van der Waals surface area contributed by atoms with E-state index in [1.54, 1.807) is 29.2 Å². The number of hydrogen-bond donors (Lipinski definition) is 1. The van der Waals surface area contributed by atoms with Gasteiger partial charge in [-0.2, -0.15) is 0 Å². The standard InChI is InChI=1S/C13H16ClNO2/c1-2-6-13(17)8-15(9-13)12(16)10-4-3-5-11(14)7-10/h3-5,7,17H,2,6,8-9H2,1H3. The lowest BCUT2D eigenvalue weighted by Crippen LogP contribution is -2.63. The van der Waals surface area contributed by atoms with Crippen molar-refractivity contribution in [1.82, 2.24) is 4.90 Å². The first kappa shape index (κ1) is 12.4. The van der Waals surface area contributed by atoms with Crippen LogP contribution < -0.4 is 0 Å². The van der Waals surface area contributed by atoms with E-state index in [0.29, 0.717) is 23.7 Å². The average Bonchev–Trinajstić information content (AvgIpc) is 2.25. The molecule has 0 aromatic heterocycles. The molecular weight excluding hydrogens is 238 g/mol. The van der Waals surface area contributed by atoms with Gasteiger partial charge >= 0.3 is 0 Å². The summed E-state index contributed by atoms with van der Waals surface area (Å²) in [5.74, 6) is -0.0618. The highest BCUT2D eigenvalue weighted by atomic mass is 35.5. The van der Waals surface area contributed by atoms with Crippen LogP contribution in [0, 0.1) is 0 Å². The molecule has 2 rings (SSSR count). The van der Waals surface area contributed by atoms with Crippen LogP contribution in [0.1, 0.15) is 30.1 Å². The van der Waals surface area contributed by atoms with Gasteiger partial charge < -0.3 is 10.0 Å². The van der Waals surface area contributed by atoms with Gasteiger partial charge in [0.15, 0.2) is 0 Å². The highest BCUT2D eigenvalue weighted by molar-refractivity contribution is 6.30. The Morgan fingerprint density at radius 3 is 2.82 bits per heavy atom. The molecule has 0 radical (unpaired) electrons. The van der Waals surface area contributed by atoms with Crippen molar-refractivity contribution in [2.75, 3.05) is 13.1 Å². The molecule has 3 nitrogen and oxygen atoms in total. The number of amides is 1. The van der Waals surface area contributed by atoms with E-state index in [9.17, 15) is 9.90 Å². The third kappa shape index (κ3) is 2.61.